The summed E-state index contributed by atoms with van der Waals surface area (Å²) in [5, 5.41) is 0. The topological polar surface area (TPSA) is 403 Å². The average Bonchev–Trinajstić information content (AvgIpc) is 0.997. The van der Waals surface area contributed by atoms with Gasteiger partial charge in [0.1, 0.15) is 52.9 Å². The molecule has 586 valence electrons. The zero-order valence-electron chi connectivity index (χ0n) is 58.3. The van der Waals surface area contributed by atoms with Gasteiger partial charge in [-0.1, -0.05) is 48.5 Å². The van der Waals surface area contributed by atoms with E-state index in [2.05, 4.69) is 19.5 Å². The van der Waals surface area contributed by atoms with E-state index >= 15 is 0 Å². The van der Waals surface area contributed by atoms with E-state index in [-0.39, 0.29) is 166 Å². The fraction of sp³-hybridized carbons (Fsp3) is 0.356. The lowest BCUT2D eigenvalue weighted by molar-refractivity contribution is -0.145. The number of nitrogens with zero attached hydrogens (tertiary/aromatic N) is 2. The molecule has 1 aliphatic rings. The first-order valence-corrected chi connectivity index (χ1v) is 35.0. The molecule has 1 fully saturated rings. The summed E-state index contributed by atoms with van der Waals surface area (Å²) in [6, 6.07) is 38.4. The number of hydrogen-bond acceptors (Lipinski definition) is 30. The number of isocyanates is 2. The molecule has 1 heterocycles. The van der Waals surface area contributed by atoms with Gasteiger partial charge in [-0.05, 0) is 202 Å². The summed E-state index contributed by atoms with van der Waals surface area (Å²) in [6.45, 7) is 3.13. The Morgan fingerprint density at radius 2 is 0.550 bits per heavy atom. The quantitative estimate of drug-likeness (QED) is 0.00691. The predicted molar refractivity (Wildman–Crippen MR) is 394 cm³/mol. The maximum Gasteiger partial charge on any atom is 0.515 e. The monoisotopic (exact) mass is 1630 g/mol. The third-order valence-electron chi connectivity index (χ3n) is 13.3. The van der Waals surface area contributed by atoms with E-state index in [9.17, 15) is 52.7 Å². The maximum atomic E-state index is 12.2. The number of nitrogen functional groups attached to an aromatic ring is 2. The van der Waals surface area contributed by atoms with Gasteiger partial charge in [0.05, 0.1) is 112 Å². The highest BCUT2D eigenvalue weighted by Crippen LogP contribution is 2.32. The number of carbonyl (C=O) groups is 9. The van der Waals surface area contributed by atoms with Gasteiger partial charge in [-0.25, -0.2) is 33.6 Å². The van der Waals surface area contributed by atoms with Crippen molar-refractivity contribution in [2.24, 2.45) is 9.98 Å². The molecule has 0 atom stereocenters. The van der Waals surface area contributed by atoms with Gasteiger partial charge < -0.3 is 82.5 Å². The molecule has 0 spiro atoms. The van der Waals surface area contributed by atoms with Crippen LogP contribution < -0.4 is 11.5 Å². The number of esters is 8. The summed E-state index contributed by atoms with van der Waals surface area (Å²) >= 11 is 30.2. The van der Waals surface area contributed by atoms with Crippen molar-refractivity contribution in [3.8, 4) is 0 Å². The number of ether oxygens (including phenoxy) is 15. The molecule has 4 N–H and O–H groups in total. The first-order chi connectivity index (χ1) is 52.3. The van der Waals surface area contributed by atoms with Crippen LogP contribution in [0.15, 0.2) is 156 Å². The van der Waals surface area contributed by atoms with Crippen LogP contribution in [0, 0.1) is 0 Å². The molecule has 30 nitrogen and oxygen atoms in total. The highest BCUT2D eigenvalue weighted by atomic mass is 35.6. The van der Waals surface area contributed by atoms with Crippen LogP contribution in [0.2, 0.25) is 0 Å². The van der Waals surface area contributed by atoms with Gasteiger partial charge >= 0.3 is 61.9 Å². The predicted octanol–water partition coefficient (Wildman–Crippen LogP) is 10.9. The van der Waals surface area contributed by atoms with Gasteiger partial charge in [0.15, 0.2) is 0 Å². The highest BCUT2D eigenvalue weighted by Gasteiger charge is 2.32. The normalized spacial score (nSPS) is 11.2. The van der Waals surface area contributed by atoms with Crippen LogP contribution >= 0.6 is 69.6 Å². The molecular weight excluding hydrogens is 1560 g/mol. The molecule has 0 bridgehead atoms. The molecule has 0 unspecified atom stereocenters. The standard InChI is InChI=1S/C34H32N2O12.C32H36N2O10.C4H8O.C3Cl6O3/c37-23-35-29-9-1-25(2-10-29)21-31(39)45-17-13-43-15-19-47-33(41)27-5-7-28(8-6-27)34(42)48-20-16-44-14-18-46-32(40)22-26-3-11-30(12-4-26)36-24-38;33-27-9-1-23(2-10-27)21-29(35)41-17-13-39-15-19-43-31(37)25-5-7-26(8-6-25)32(38)44-20-16-40-14-18-42-30(36)22-24-3-11-28(34)12-4-24;1-2-4-5-3-1;4-2(5,6)11-1(10)12-3(7,8)9/h1-12H,13-22H2;1-12H,13-22,33-34H2;1-4H2;. The van der Waals surface area contributed by atoms with E-state index in [1.807, 2.05) is 0 Å². The van der Waals surface area contributed by atoms with Gasteiger partial charge in [0.25, 0.3) is 0 Å². The summed E-state index contributed by atoms with van der Waals surface area (Å²) in [4.78, 5) is 134. The summed E-state index contributed by atoms with van der Waals surface area (Å²) in [7, 11) is 0. The molecule has 6 aromatic rings. The second kappa shape index (κ2) is 53.1. The smallest absolute Gasteiger partial charge is 0.463 e. The third-order valence-corrected chi connectivity index (χ3v) is 13.8. The first kappa shape index (κ1) is 91.6. The number of carbonyl (C=O) groups excluding carboxylic acids is 11. The lowest BCUT2D eigenvalue weighted by atomic mass is 10.1. The summed E-state index contributed by atoms with van der Waals surface area (Å²) in [5.74, 6) is -4.02. The Morgan fingerprint density at radius 1 is 0.330 bits per heavy atom. The van der Waals surface area contributed by atoms with Crippen LogP contribution in [0.3, 0.4) is 0 Å². The molecular formula is C73H76Cl6N4O26. The third kappa shape index (κ3) is 44.4. The number of nitrogens with two attached hydrogens (primary N) is 2. The van der Waals surface area contributed by atoms with Crippen LogP contribution in [0.4, 0.5) is 27.5 Å². The van der Waals surface area contributed by atoms with Crippen molar-refractivity contribution in [2.45, 2.75) is 46.5 Å². The number of aliphatic imine (C=N–C) groups is 2. The van der Waals surface area contributed by atoms with Crippen molar-refractivity contribution in [3.63, 3.8) is 0 Å². The Bertz CT molecular complexity index is 3620. The van der Waals surface area contributed by atoms with E-state index in [4.69, 9.17) is 143 Å². The Labute approximate surface area is 655 Å². The second-order valence-corrected chi connectivity index (χ2v) is 26.0. The Morgan fingerprint density at radius 3 is 0.752 bits per heavy atom. The van der Waals surface area contributed by atoms with Gasteiger partial charge in [-0.2, -0.15) is 9.98 Å². The molecule has 0 aliphatic carbocycles. The minimum atomic E-state index is -2.24. The minimum absolute atomic E-state index is 0.00376. The van der Waals surface area contributed by atoms with Gasteiger partial charge in [0, 0.05) is 24.6 Å². The van der Waals surface area contributed by atoms with Gasteiger partial charge in [-0.3, -0.25) is 19.2 Å². The van der Waals surface area contributed by atoms with Crippen molar-refractivity contribution >= 4 is 158 Å². The number of rotatable bonds is 38. The van der Waals surface area contributed by atoms with E-state index in [0.717, 1.165) is 24.3 Å². The van der Waals surface area contributed by atoms with E-state index in [1.54, 1.807) is 97.1 Å². The zero-order valence-corrected chi connectivity index (χ0v) is 62.8. The number of alkyl halides is 6. The Kier molecular flexibility index (Phi) is 44.7. The number of halogens is 6. The SMILES string of the molecule is C1CCOC1.Nc1ccc(CC(=O)OCCOCCOC(=O)c2ccc(C(=O)OCCOCCOC(=O)Cc3ccc(N)cc3)cc2)cc1.O=C(OC(Cl)(Cl)Cl)OC(Cl)(Cl)Cl.O=C=Nc1ccc(CC(=O)OCCOCCOC(=O)c2ccc(C(=O)OCCOCCOC(=O)Cc3ccc(N=C=O)cc3)cc2)cc1. The van der Waals surface area contributed by atoms with Crippen LogP contribution in [0.5, 0.6) is 0 Å². The van der Waals surface area contributed by atoms with Gasteiger partial charge in [0.2, 0.25) is 12.2 Å². The van der Waals surface area contributed by atoms with E-state index in [0.29, 0.717) is 33.9 Å². The molecule has 6 aromatic carbocycles. The number of benzene rings is 6. The van der Waals surface area contributed by atoms with Crippen molar-refractivity contribution in [1.82, 2.24) is 0 Å². The molecule has 0 radical (unpaired) electrons. The molecule has 1 saturated heterocycles. The fourth-order valence-electron chi connectivity index (χ4n) is 8.20. The fourth-order valence-corrected chi connectivity index (χ4v) is 8.58. The lowest BCUT2D eigenvalue weighted by Crippen LogP contribution is -2.22. The summed E-state index contributed by atoms with van der Waals surface area (Å²) in [6.07, 6.45) is 4.40. The van der Waals surface area contributed by atoms with Crippen molar-refractivity contribution < 1.29 is 124 Å². The van der Waals surface area contributed by atoms with E-state index in [1.165, 1.54) is 73.5 Å². The molecule has 7 rings (SSSR count). The molecule has 0 amide bonds. The van der Waals surface area contributed by atoms with Crippen LogP contribution in [-0.4, -0.2) is 193 Å². The zero-order chi connectivity index (χ0) is 79.5. The average molecular weight is 1640 g/mol. The summed E-state index contributed by atoms with van der Waals surface area (Å²) in [5.41, 5.74) is 17.3. The summed E-state index contributed by atoms with van der Waals surface area (Å²) < 4.78 is 70.8. The van der Waals surface area contributed by atoms with E-state index < -0.39 is 49.9 Å². The first-order valence-electron chi connectivity index (χ1n) is 32.8. The molecule has 36 heteroatoms. The Hall–Kier alpha value is -9.75. The van der Waals surface area contributed by atoms with Crippen LogP contribution in [-0.2, 0) is 126 Å². The maximum absolute atomic E-state index is 12.2. The highest BCUT2D eigenvalue weighted by molar-refractivity contribution is 6.67. The lowest BCUT2D eigenvalue weighted by Gasteiger charge is -2.15. The molecule has 1 aliphatic heterocycles. The largest absolute Gasteiger partial charge is 0.515 e. The molecule has 0 saturated carbocycles. The molecule has 0 aromatic heterocycles. The number of hydrogen-bond donors (Lipinski definition) is 2. The minimum Gasteiger partial charge on any atom is -0.463 e. The number of anilines is 2. The Balaban J connectivity index is 0.000000378. The molecule has 109 heavy (non-hydrogen) atoms. The van der Waals surface area contributed by atoms with Gasteiger partial charge in [-0.15, -0.1) is 0 Å². The van der Waals surface area contributed by atoms with Crippen LogP contribution in [0.25, 0.3) is 0 Å². The van der Waals surface area contributed by atoms with Crippen LogP contribution in [0.1, 0.15) is 76.5 Å². The van der Waals surface area contributed by atoms with Crippen molar-refractivity contribution in [3.05, 3.63) is 190 Å². The second-order valence-electron chi connectivity index (χ2n) is 21.6. The van der Waals surface area contributed by atoms with Crippen molar-refractivity contribution in [1.29, 1.82) is 0 Å². The van der Waals surface area contributed by atoms with Crippen molar-refractivity contribution in [2.75, 3.05) is 130 Å².